The van der Waals surface area contributed by atoms with Crippen LogP contribution in [0.15, 0.2) is 78.9 Å². The van der Waals surface area contributed by atoms with E-state index >= 15 is 0 Å². The Labute approximate surface area is 306 Å². The minimum absolute atomic E-state index is 0.00539. The summed E-state index contributed by atoms with van der Waals surface area (Å²) in [5.74, 6) is 2.07. The lowest BCUT2D eigenvalue weighted by Crippen LogP contribution is -2.61. The number of carbonyl (C=O) groups is 4. The van der Waals surface area contributed by atoms with Crippen LogP contribution in [0.5, 0.6) is 0 Å². The van der Waals surface area contributed by atoms with Crippen molar-refractivity contribution in [2.24, 2.45) is 0 Å². The van der Waals surface area contributed by atoms with E-state index in [-0.39, 0.29) is 42.6 Å². The van der Waals surface area contributed by atoms with Crippen LogP contribution in [0.2, 0.25) is 0 Å². The van der Waals surface area contributed by atoms with Crippen molar-refractivity contribution in [1.29, 1.82) is 0 Å². The van der Waals surface area contributed by atoms with E-state index in [1.807, 2.05) is 72.8 Å². The van der Waals surface area contributed by atoms with Crippen molar-refractivity contribution in [1.82, 2.24) is 25.8 Å². The van der Waals surface area contributed by atoms with Gasteiger partial charge in [-0.15, -0.1) is 6.42 Å². The molecular formula is C42H48N6O4. The number of para-hydroxylation sites is 1. The number of likely N-dealkylation sites (tertiary alicyclic amines) is 1. The molecule has 7 rings (SSSR count). The van der Waals surface area contributed by atoms with E-state index in [2.05, 4.69) is 32.8 Å². The summed E-state index contributed by atoms with van der Waals surface area (Å²) in [6.45, 7) is 1.54. The highest BCUT2D eigenvalue weighted by molar-refractivity contribution is 5.97. The van der Waals surface area contributed by atoms with Gasteiger partial charge in [-0.1, -0.05) is 85.8 Å². The Bertz CT molecular complexity index is 1830. The number of hydrogen-bond acceptors (Lipinski definition) is 6. The fourth-order valence-corrected chi connectivity index (χ4v) is 8.50. The van der Waals surface area contributed by atoms with Crippen LogP contribution in [0.1, 0.15) is 67.2 Å². The first-order valence-corrected chi connectivity index (χ1v) is 18.7. The van der Waals surface area contributed by atoms with Crippen LogP contribution in [-0.4, -0.2) is 83.4 Å². The number of fused-ring (bicyclic) bond motifs is 1. The third kappa shape index (κ3) is 7.42. The standard InChI is InChI=1S/C42H48N6O4/c1-2-30-13-9-10-14-31(30)26-37(45-39(50)36-25-32-15-11-12-16-33(32)27-43-36)40(51)46-23-21-42(22-24-46)41(52)47(29-48(42)35-19-7-4-8-20-35)28-38(49)44-34-17-5-3-6-18-34/h1,4,7-16,19-20,34,36-37,43H,3,5-6,17-18,21-29H2,(H,44,49)(H,45,50)/t36-,37-/m1/s1. The number of carbonyl (C=O) groups excluding carboxylic acids is 4. The first-order chi connectivity index (χ1) is 25.3. The Morgan fingerprint density at radius 3 is 2.35 bits per heavy atom. The molecule has 0 aromatic heterocycles. The van der Waals surface area contributed by atoms with Crippen LogP contribution in [0.4, 0.5) is 5.69 Å². The van der Waals surface area contributed by atoms with Crippen LogP contribution in [-0.2, 0) is 38.6 Å². The summed E-state index contributed by atoms with van der Waals surface area (Å²) in [6, 6.07) is 24.2. The van der Waals surface area contributed by atoms with E-state index in [4.69, 9.17) is 6.42 Å². The van der Waals surface area contributed by atoms with E-state index in [9.17, 15) is 19.2 Å². The van der Waals surface area contributed by atoms with E-state index in [0.29, 0.717) is 51.1 Å². The van der Waals surface area contributed by atoms with Gasteiger partial charge in [0, 0.05) is 43.3 Å². The van der Waals surface area contributed by atoms with Gasteiger partial charge in [0.05, 0.1) is 12.7 Å². The molecule has 0 bridgehead atoms. The van der Waals surface area contributed by atoms with Gasteiger partial charge in [0.15, 0.2) is 0 Å². The predicted octanol–water partition coefficient (Wildman–Crippen LogP) is 3.53. The molecule has 1 saturated carbocycles. The molecule has 4 amide bonds. The number of nitrogens with zero attached hydrogens (tertiary/aromatic N) is 3. The highest BCUT2D eigenvalue weighted by Crippen LogP contribution is 2.39. The summed E-state index contributed by atoms with van der Waals surface area (Å²) in [7, 11) is 0. The predicted molar refractivity (Wildman–Crippen MR) is 200 cm³/mol. The number of hydrogen-bond donors (Lipinski definition) is 3. The molecule has 3 fully saturated rings. The molecular weight excluding hydrogens is 652 g/mol. The lowest BCUT2D eigenvalue weighted by atomic mass is 9.85. The van der Waals surface area contributed by atoms with Gasteiger partial charge in [0.25, 0.3) is 5.91 Å². The molecule has 2 atom stereocenters. The van der Waals surface area contributed by atoms with Crippen LogP contribution in [0.3, 0.4) is 0 Å². The van der Waals surface area contributed by atoms with E-state index in [1.54, 1.807) is 9.80 Å². The van der Waals surface area contributed by atoms with Crippen molar-refractivity contribution in [3.05, 3.63) is 101 Å². The van der Waals surface area contributed by atoms with Crippen LogP contribution in [0, 0.1) is 12.3 Å². The van der Waals surface area contributed by atoms with Crippen molar-refractivity contribution in [3.63, 3.8) is 0 Å². The summed E-state index contributed by atoms with van der Waals surface area (Å²) in [5, 5.41) is 9.59. The quantitative estimate of drug-likeness (QED) is 0.295. The minimum atomic E-state index is -0.891. The van der Waals surface area contributed by atoms with E-state index < -0.39 is 17.6 Å². The third-order valence-corrected chi connectivity index (χ3v) is 11.4. The average Bonchev–Trinajstić information content (AvgIpc) is 3.44. The molecule has 3 aromatic rings. The maximum Gasteiger partial charge on any atom is 0.250 e. The smallest absolute Gasteiger partial charge is 0.250 e. The SMILES string of the molecule is C#Cc1ccccc1C[C@@H](NC(=O)[C@H]1Cc2ccccc2CN1)C(=O)N1CCC2(CC1)C(=O)N(CC(=O)NC1CCCCC1)CN2c1ccccc1. The minimum Gasteiger partial charge on any atom is -0.352 e. The molecule has 3 heterocycles. The number of benzene rings is 3. The normalized spacial score (nSPS) is 20.6. The van der Waals surface area contributed by atoms with Gasteiger partial charge >= 0.3 is 0 Å². The van der Waals surface area contributed by atoms with Gasteiger partial charge in [-0.3, -0.25) is 19.2 Å². The summed E-state index contributed by atoms with van der Waals surface area (Å²) in [5.41, 5.74) is 3.79. The summed E-state index contributed by atoms with van der Waals surface area (Å²) < 4.78 is 0. The average molecular weight is 701 g/mol. The van der Waals surface area contributed by atoms with Crippen LogP contribution >= 0.6 is 0 Å². The number of nitrogens with one attached hydrogen (secondary N) is 3. The Morgan fingerprint density at radius 1 is 0.904 bits per heavy atom. The van der Waals surface area contributed by atoms with Crippen molar-refractivity contribution < 1.29 is 19.2 Å². The third-order valence-electron chi connectivity index (χ3n) is 11.4. The molecule has 270 valence electrons. The Kier molecular flexibility index (Phi) is 10.6. The van der Waals surface area contributed by atoms with Gasteiger partial charge in [0.1, 0.15) is 18.1 Å². The summed E-state index contributed by atoms with van der Waals surface area (Å²) >= 11 is 0. The van der Waals surface area contributed by atoms with Gasteiger partial charge in [-0.05, 0) is 67.0 Å². The number of amides is 4. The van der Waals surface area contributed by atoms with Crippen LogP contribution < -0.4 is 20.9 Å². The molecule has 4 aliphatic rings. The first-order valence-electron chi connectivity index (χ1n) is 18.7. The molecule has 0 radical (unpaired) electrons. The molecule has 0 unspecified atom stereocenters. The second-order valence-corrected chi connectivity index (χ2v) is 14.6. The maximum atomic E-state index is 14.4. The first kappa shape index (κ1) is 35.3. The second-order valence-electron chi connectivity index (χ2n) is 14.6. The number of anilines is 1. The van der Waals surface area contributed by atoms with Crippen molar-refractivity contribution in [3.8, 4) is 12.3 Å². The molecule has 10 heteroatoms. The Hall–Kier alpha value is -5.14. The zero-order chi connectivity index (χ0) is 36.1. The topological polar surface area (TPSA) is 114 Å². The van der Waals surface area contributed by atoms with Crippen molar-refractivity contribution in [2.45, 2.75) is 88.0 Å². The molecule has 1 aliphatic carbocycles. The fraction of sp³-hybridized carbons (Fsp3) is 0.429. The van der Waals surface area contributed by atoms with E-state index in [0.717, 1.165) is 42.5 Å². The number of piperidine rings is 1. The fourth-order valence-electron chi connectivity index (χ4n) is 8.50. The highest BCUT2D eigenvalue weighted by atomic mass is 16.2. The molecule has 3 aliphatic heterocycles. The largest absolute Gasteiger partial charge is 0.352 e. The second kappa shape index (κ2) is 15.6. The van der Waals surface area contributed by atoms with E-state index in [1.165, 1.54) is 12.0 Å². The molecule has 10 nitrogen and oxygen atoms in total. The molecule has 1 spiro atoms. The summed E-state index contributed by atoms with van der Waals surface area (Å²) in [4.78, 5) is 61.3. The Balaban J connectivity index is 1.08. The summed E-state index contributed by atoms with van der Waals surface area (Å²) in [6.07, 6.45) is 12.8. The van der Waals surface area contributed by atoms with Gasteiger partial charge < -0.3 is 30.7 Å². The molecule has 3 N–H and O–H groups in total. The van der Waals surface area contributed by atoms with Crippen molar-refractivity contribution >= 4 is 29.3 Å². The number of rotatable bonds is 9. The van der Waals surface area contributed by atoms with Crippen LogP contribution in [0.25, 0.3) is 0 Å². The molecule has 3 aromatic carbocycles. The van der Waals surface area contributed by atoms with Crippen molar-refractivity contribution in [2.75, 3.05) is 31.2 Å². The zero-order valence-electron chi connectivity index (χ0n) is 29.7. The Morgan fingerprint density at radius 2 is 1.60 bits per heavy atom. The zero-order valence-corrected chi connectivity index (χ0v) is 29.7. The van der Waals surface area contributed by atoms with Gasteiger partial charge in [-0.25, -0.2) is 0 Å². The maximum absolute atomic E-state index is 14.4. The van der Waals surface area contributed by atoms with Gasteiger partial charge in [0.2, 0.25) is 17.7 Å². The van der Waals surface area contributed by atoms with Gasteiger partial charge in [-0.2, -0.15) is 0 Å². The number of terminal acetylenes is 1. The lowest BCUT2D eigenvalue weighted by molar-refractivity contribution is -0.141. The lowest BCUT2D eigenvalue weighted by Gasteiger charge is -2.44. The monoisotopic (exact) mass is 700 g/mol. The molecule has 52 heavy (non-hydrogen) atoms. The molecule has 2 saturated heterocycles. The highest BCUT2D eigenvalue weighted by Gasteiger charge is 2.54.